The van der Waals surface area contributed by atoms with Crippen LogP contribution in [0.5, 0.6) is 5.75 Å². The number of hydrogen-bond acceptors (Lipinski definition) is 3. The normalized spacial score (nSPS) is 10.7. The van der Waals surface area contributed by atoms with Gasteiger partial charge in [0.2, 0.25) is 0 Å². The summed E-state index contributed by atoms with van der Waals surface area (Å²) in [5, 5.41) is 3.16. The lowest BCUT2D eigenvalue weighted by molar-refractivity contribution is 0.411. The third-order valence-electron chi connectivity index (χ3n) is 3.07. The van der Waals surface area contributed by atoms with Gasteiger partial charge in [0.15, 0.2) is 0 Å². The van der Waals surface area contributed by atoms with Crippen LogP contribution in [0.25, 0.3) is 10.6 Å². The van der Waals surface area contributed by atoms with Crippen LogP contribution in [0.4, 0.5) is 0 Å². The van der Waals surface area contributed by atoms with Gasteiger partial charge in [0.05, 0.1) is 7.11 Å². The Kier molecular flexibility index (Phi) is 4.02. The first-order valence-corrected chi connectivity index (χ1v) is 7.13. The van der Waals surface area contributed by atoms with Crippen molar-refractivity contribution < 1.29 is 4.74 Å². The Morgan fingerprint density at radius 2 is 2.06 bits per heavy atom. The molecule has 0 aliphatic heterocycles. The van der Waals surface area contributed by atoms with E-state index in [1.807, 2.05) is 6.92 Å². The third kappa shape index (κ3) is 2.56. The number of ether oxygens (including phenoxy) is 1. The van der Waals surface area contributed by atoms with Gasteiger partial charge in [-0.05, 0) is 43.5 Å². The van der Waals surface area contributed by atoms with Crippen LogP contribution >= 0.6 is 11.3 Å². The zero-order valence-electron chi connectivity index (χ0n) is 11.4. The summed E-state index contributed by atoms with van der Waals surface area (Å²) >= 11 is 1.69. The molecule has 1 aromatic heterocycles. The highest BCUT2D eigenvalue weighted by atomic mass is 32.1. The third-order valence-corrected chi connectivity index (χ3v) is 4.08. The SMILES string of the molecule is CCCc1cc(-c2nc(C)cs2)cc(OC)c1C. The number of aryl methyl sites for hydroxylation is 2. The molecule has 96 valence electrons. The van der Waals surface area contributed by atoms with Crippen LogP contribution in [0.1, 0.15) is 30.2 Å². The van der Waals surface area contributed by atoms with Crippen LogP contribution < -0.4 is 4.74 Å². The van der Waals surface area contributed by atoms with E-state index in [2.05, 4.69) is 36.3 Å². The second kappa shape index (κ2) is 5.53. The van der Waals surface area contributed by atoms with Crippen LogP contribution in [0.2, 0.25) is 0 Å². The standard InChI is InChI=1S/C15H19NOS/c1-5-6-12-7-13(8-14(17-4)11(12)3)15-16-10(2)9-18-15/h7-9H,5-6H2,1-4H3. The summed E-state index contributed by atoms with van der Waals surface area (Å²) < 4.78 is 5.48. The molecule has 0 unspecified atom stereocenters. The minimum absolute atomic E-state index is 0.962. The van der Waals surface area contributed by atoms with E-state index in [0.29, 0.717) is 0 Å². The summed E-state index contributed by atoms with van der Waals surface area (Å²) in [6, 6.07) is 4.34. The average molecular weight is 261 g/mol. The van der Waals surface area contributed by atoms with Crippen molar-refractivity contribution in [3.63, 3.8) is 0 Å². The van der Waals surface area contributed by atoms with E-state index in [4.69, 9.17) is 4.74 Å². The highest BCUT2D eigenvalue weighted by Gasteiger charge is 2.10. The first-order valence-electron chi connectivity index (χ1n) is 6.25. The zero-order valence-corrected chi connectivity index (χ0v) is 12.2. The van der Waals surface area contributed by atoms with E-state index in [0.717, 1.165) is 29.3 Å². The number of benzene rings is 1. The lowest BCUT2D eigenvalue weighted by Crippen LogP contribution is -1.95. The first-order chi connectivity index (χ1) is 8.65. The minimum atomic E-state index is 0.962. The van der Waals surface area contributed by atoms with E-state index >= 15 is 0 Å². The number of rotatable bonds is 4. The lowest BCUT2D eigenvalue weighted by atomic mass is 10.00. The van der Waals surface area contributed by atoms with Gasteiger partial charge in [-0.2, -0.15) is 0 Å². The average Bonchev–Trinajstić information content (AvgIpc) is 2.79. The molecule has 2 nitrogen and oxygen atoms in total. The molecular weight excluding hydrogens is 242 g/mol. The highest BCUT2D eigenvalue weighted by Crippen LogP contribution is 2.32. The predicted octanol–water partition coefficient (Wildman–Crippen LogP) is 4.39. The second-order valence-electron chi connectivity index (χ2n) is 4.51. The second-order valence-corrected chi connectivity index (χ2v) is 5.36. The van der Waals surface area contributed by atoms with Gasteiger partial charge in [0.1, 0.15) is 10.8 Å². The van der Waals surface area contributed by atoms with Crippen molar-refractivity contribution in [2.45, 2.75) is 33.6 Å². The fraction of sp³-hybridized carbons (Fsp3) is 0.400. The monoisotopic (exact) mass is 261 g/mol. The van der Waals surface area contributed by atoms with Crippen molar-refractivity contribution in [3.05, 3.63) is 34.3 Å². The van der Waals surface area contributed by atoms with E-state index < -0.39 is 0 Å². The Bertz CT molecular complexity index is 545. The number of nitrogens with zero attached hydrogens (tertiary/aromatic N) is 1. The molecule has 0 radical (unpaired) electrons. The molecular formula is C15H19NOS. The molecule has 0 amide bonds. The maximum Gasteiger partial charge on any atom is 0.123 e. The van der Waals surface area contributed by atoms with Crippen LogP contribution in [0.3, 0.4) is 0 Å². The van der Waals surface area contributed by atoms with Crippen LogP contribution in [0, 0.1) is 13.8 Å². The van der Waals surface area contributed by atoms with Gasteiger partial charge in [0, 0.05) is 16.6 Å². The molecule has 3 heteroatoms. The topological polar surface area (TPSA) is 22.1 Å². The molecule has 0 atom stereocenters. The molecule has 0 bridgehead atoms. The van der Waals surface area contributed by atoms with E-state index in [9.17, 15) is 0 Å². The van der Waals surface area contributed by atoms with Gasteiger partial charge in [-0.1, -0.05) is 13.3 Å². The summed E-state index contributed by atoms with van der Waals surface area (Å²) in [5.74, 6) is 0.962. The number of aromatic nitrogens is 1. The van der Waals surface area contributed by atoms with Gasteiger partial charge in [-0.25, -0.2) is 4.98 Å². The first kappa shape index (κ1) is 13.1. The molecule has 0 aliphatic rings. The molecule has 0 saturated carbocycles. The predicted molar refractivity (Wildman–Crippen MR) is 77.6 cm³/mol. The summed E-state index contributed by atoms with van der Waals surface area (Å²) in [6.45, 7) is 6.35. The molecule has 0 fully saturated rings. The molecule has 18 heavy (non-hydrogen) atoms. The van der Waals surface area contributed by atoms with Crippen molar-refractivity contribution in [2.75, 3.05) is 7.11 Å². The van der Waals surface area contributed by atoms with Crippen molar-refractivity contribution >= 4 is 11.3 Å². The molecule has 2 rings (SSSR count). The van der Waals surface area contributed by atoms with Crippen molar-refractivity contribution in [1.29, 1.82) is 0 Å². The molecule has 1 aromatic carbocycles. The molecule has 2 aromatic rings. The van der Waals surface area contributed by atoms with E-state index in [-0.39, 0.29) is 0 Å². The van der Waals surface area contributed by atoms with Gasteiger partial charge < -0.3 is 4.74 Å². The Morgan fingerprint density at radius 3 is 2.61 bits per heavy atom. The Hall–Kier alpha value is -1.35. The van der Waals surface area contributed by atoms with Crippen LogP contribution in [-0.2, 0) is 6.42 Å². The Morgan fingerprint density at radius 1 is 1.28 bits per heavy atom. The summed E-state index contributed by atoms with van der Waals surface area (Å²) in [6.07, 6.45) is 2.23. The summed E-state index contributed by atoms with van der Waals surface area (Å²) in [7, 11) is 1.73. The van der Waals surface area contributed by atoms with Gasteiger partial charge in [0.25, 0.3) is 0 Å². The van der Waals surface area contributed by atoms with Crippen molar-refractivity contribution in [3.8, 4) is 16.3 Å². The maximum atomic E-state index is 5.48. The number of hydrogen-bond donors (Lipinski definition) is 0. The van der Waals surface area contributed by atoms with Crippen molar-refractivity contribution in [2.24, 2.45) is 0 Å². The summed E-state index contributed by atoms with van der Waals surface area (Å²) in [4.78, 5) is 4.55. The fourth-order valence-electron chi connectivity index (χ4n) is 2.10. The molecule has 1 heterocycles. The molecule has 0 N–H and O–H groups in total. The Balaban J connectivity index is 2.51. The zero-order chi connectivity index (χ0) is 13.1. The molecule has 0 spiro atoms. The molecule has 0 aliphatic carbocycles. The van der Waals surface area contributed by atoms with E-state index in [1.54, 1.807) is 18.4 Å². The van der Waals surface area contributed by atoms with Crippen molar-refractivity contribution in [1.82, 2.24) is 4.98 Å². The lowest BCUT2D eigenvalue weighted by Gasteiger charge is -2.12. The maximum absolute atomic E-state index is 5.48. The highest BCUT2D eigenvalue weighted by molar-refractivity contribution is 7.13. The van der Waals surface area contributed by atoms with Gasteiger partial charge in [-0.15, -0.1) is 11.3 Å². The van der Waals surface area contributed by atoms with Gasteiger partial charge in [-0.3, -0.25) is 0 Å². The number of thiazole rings is 1. The quantitative estimate of drug-likeness (QED) is 0.814. The van der Waals surface area contributed by atoms with E-state index in [1.165, 1.54) is 16.7 Å². The van der Waals surface area contributed by atoms with Crippen LogP contribution in [-0.4, -0.2) is 12.1 Å². The number of methoxy groups -OCH3 is 1. The van der Waals surface area contributed by atoms with Gasteiger partial charge >= 0.3 is 0 Å². The smallest absolute Gasteiger partial charge is 0.123 e. The fourth-order valence-corrected chi connectivity index (χ4v) is 2.88. The summed E-state index contributed by atoms with van der Waals surface area (Å²) in [5.41, 5.74) is 4.85. The minimum Gasteiger partial charge on any atom is -0.496 e. The Labute approximate surface area is 113 Å². The largest absolute Gasteiger partial charge is 0.496 e. The van der Waals surface area contributed by atoms with Crippen LogP contribution in [0.15, 0.2) is 17.5 Å². The molecule has 0 saturated heterocycles.